The van der Waals surface area contributed by atoms with E-state index >= 15 is 0 Å². The lowest BCUT2D eigenvalue weighted by molar-refractivity contribution is 0.0954. The molecule has 0 fully saturated rings. The zero-order chi connectivity index (χ0) is 17.1. The third-order valence-corrected chi connectivity index (χ3v) is 3.83. The van der Waals surface area contributed by atoms with Crippen molar-refractivity contribution in [3.63, 3.8) is 0 Å². The van der Waals surface area contributed by atoms with Gasteiger partial charge in [0, 0.05) is 22.3 Å². The zero-order valence-electron chi connectivity index (χ0n) is 12.6. The van der Waals surface area contributed by atoms with Gasteiger partial charge in [0.25, 0.3) is 5.91 Å². The van der Waals surface area contributed by atoms with Crippen LogP contribution < -0.4 is 11.1 Å². The van der Waals surface area contributed by atoms with Gasteiger partial charge in [-0.05, 0) is 43.3 Å². The van der Waals surface area contributed by atoms with Gasteiger partial charge in [-0.15, -0.1) is 0 Å². The van der Waals surface area contributed by atoms with E-state index in [1.165, 1.54) is 6.20 Å². The number of rotatable bonds is 3. The molecule has 0 bridgehead atoms. The summed E-state index contributed by atoms with van der Waals surface area (Å²) >= 11 is 3.38. The molecule has 0 spiro atoms. The van der Waals surface area contributed by atoms with E-state index in [1.807, 2.05) is 6.07 Å². The SMILES string of the molecule is CC(=NNC(=O)c1cccnc1)c1cc2cc(Br)ccc2oc1=O. The molecule has 0 atom stereocenters. The summed E-state index contributed by atoms with van der Waals surface area (Å²) in [7, 11) is 0. The minimum Gasteiger partial charge on any atom is -0.422 e. The number of carbonyl (C=O) groups is 1. The van der Waals surface area contributed by atoms with Crippen LogP contribution in [-0.2, 0) is 0 Å². The summed E-state index contributed by atoms with van der Waals surface area (Å²) in [6, 6.07) is 10.3. The maximum absolute atomic E-state index is 12.1. The second-order valence-corrected chi connectivity index (χ2v) is 5.93. The highest BCUT2D eigenvalue weighted by Gasteiger charge is 2.10. The summed E-state index contributed by atoms with van der Waals surface area (Å²) in [6.45, 7) is 1.62. The third-order valence-electron chi connectivity index (χ3n) is 3.33. The molecule has 120 valence electrons. The molecule has 3 rings (SSSR count). The Balaban J connectivity index is 1.90. The third kappa shape index (κ3) is 3.41. The fraction of sp³-hybridized carbons (Fsp3) is 0.0588. The molecular formula is C17H12BrN3O3. The van der Waals surface area contributed by atoms with Gasteiger partial charge in [-0.2, -0.15) is 5.10 Å². The Morgan fingerprint density at radius 3 is 2.88 bits per heavy atom. The van der Waals surface area contributed by atoms with Gasteiger partial charge >= 0.3 is 5.63 Å². The summed E-state index contributed by atoms with van der Waals surface area (Å²) in [5.74, 6) is -0.407. The maximum atomic E-state index is 12.1. The van der Waals surface area contributed by atoms with Crippen molar-refractivity contribution >= 4 is 38.5 Å². The Labute approximate surface area is 145 Å². The largest absolute Gasteiger partial charge is 0.422 e. The fourth-order valence-corrected chi connectivity index (χ4v) is 2.48. The molecule has 7 heteroatoms. The van der Waals surface area contributed by atoms with Gasteiger partial charge in [0.15, 0.2) is 0 Å². The van der Waals surface area contributed by atoms with E-state index < -0.39 is 11.5 Å². The highest BCUT2D eigenvalue weighted by molar-refractivity contribution is 9.10. The van der Waals surface area contributed by atoms with E-state index in [4.69, 9.17) is 4.42 Å². The number of fused-ring (bicyclic) bond motifs is 1. The van der Waals surface area contributed by atoms with Gasteiger partial charge in [-0.3, -0.25) is 9.78 Å². The highest BCUT2D eigenvalue weighted by atomic mass is 79.9. The van der Waals surface area contributed by atoms with Gasteiger partial charge in [-0.1, -0.05) is 15.9 Å². The molecule has 0 saturated carbocycles. The number of hydrogen-bond acceptors (Lipinski definition) is 5. The normalized spacial score (nSPS) is 11.5. The van der Waals surface area contributed by atoms with Crippen molar-refractivity contribution in [3.05, 3.63) is 74.8 Å². The van der Waals surface area contributed by atoms with E-state index in [2.05, 4.69) is 31.4 Å². The number of halogens is 1. The Morgan fingerprint density at radius 2 is 2.12 bits per heavy atom. The molecular weight excluding hydrogens is 374 g/mol. The van der Waals surface area contributed by atoms with Crippen LogP contribution in [0.15, 0.2) is 67.6 Å². The standard InChI is InChI=1S/C17H12BrN3O3/c1-10(20-21-16(22)11-3-2-6-19-9-11)14-8-12-7-13(18)4-5-15(12)24-17(14)23/h2-9H,1H3,(H,21,22). The predicted octanol–water partition coefficient (Wildman–Crippen LogP) is 3.10. The van der Waals surface area contributed by atoms with E-state index in [0.29, 0.717) is 16.9 Å². The minimum absolute atomic E-state index is 0.284. The van der Waals surface area contributed by atoms with Crippen molar-refractivity contribution < 1.29 is 9.21 Å². The first kappa shape index (κ1) is 16.1. The van der Waals surface area contributed by atoms with Crippen LogP contribution >= 0.6 is 15.9 Å². The van der Waals surface area contributed by atoms with Gasteiger partial charge in [0.05, 0.1) is 16.8 Å². The van der Waals surface area contributed by atoms with Crippen LogP contribution in [0.5, 0.6) is 0 Å². The lowest BCUT2D eigenvalue weighted by atomic mass is 10.1. The van der Waals surface area contributed by atoms with Gasteiger partial charge in [-0.25, -0.2) is 10.2 Å². The Morgan fingerprint density at radius 1 is 1.29 bits per heavy atom. The number of aromatic nitrogens is 1. The molecule has 24 heavy (non-hydrogen) atoms. The van der Waals surface area contributed by atoms with Gasteiger partial charge in [0.1, 0.15) is 5.58 Å². The quantitative estimate of drug-likeness (QED) is 0.426. The minimum atomic E-state index is -0.512. The summed E-state index contributed by atoms with van der Waals surface area (Å²) in [5.41, 5.74) is 3.39. The van der Waals surface area contributed by atoms with E-state index in [9.17, 15) is 9.59 Å². The summed E-state index contributed by atoms with van der Waals surface area (Å²) in [6.07, 6.45) is 3.01. The highest BCUT2D eigenvalue weighted by Crippen LogP contribution is 2.19. The second-order valence-electron chi connectivity index (χ2n) is 5.01. The van der Waals surface area contributed by atoms with Crippen LogP contribution in [0.1, 0.15) is 22.8 Å². The molecule has 1 aromatic carbocycles. The van der Waals surface area contributed by atoms with Crippen LogP contribution in [0.3, 0.4) is 0 Å². The molecule has 0 aliphatic rings. The van der Waals surface area contributed by atoms with Crippen LogP contribution in [-0.4, -0.2) is 16.6 Å². The molecule has 1 amide bonds. The van der Waals surface area contributed by atoms with Crippen molar-refractivity contribution in [2.75, 3.05) is 0 Å². The molecule has 1 N–H and O–H groups in total. The predicted molar refractivity (Wildman–Crippen MR) is 94.1 cm³/mol. The van der Waals surface area contributed by atoms with Crippen molar-refractivity contribution in [2.24, 2.45) is 5.10 Å². The molecule has 6 nitrogen and oxygen atoms in total. The maximum Gasteiger partial charge on any atom is 0.345 e. The van der Waals surface area contributed by atoms with Crippen molar-refractivity contribution in [3.8, 4) is 0 Å². The monoisotopic (exact) mass is 385 g/mol. The Bertz CT molecular complexity index is 997. The van der Waals surface area contributed by atoms with Gasteiger partial charge in [0.2, 0.25) is 0 Å². The van der Waals surface area contributed by atoms with Crippen LogP contribution in [0.25, 0.3) is 11.0 Å². The molecule has 0 aliphatic carbocycles. The Hall–Kier alpha value is -2.80. The summed E-state index contributed by atoms with van der Waals surface area (Å²) in [5, 5.41) is 4.73. The van der Waals surface area contributed by atoms with E-state index in [0.717, 1.165) is 9.86 Å². The zero-order valence-corrected chi connectivity index (χ0v) is 14.2. The fourth-order valence-electron chi connectivity index (χ4n) is 2.10. The van der Waals surface area contributed by atoms with Crippen molar-refractivity contribution in [1.82, 2.24) is 10.4 Å². The van der Waals surface area contributed by atoms with E-state index in [-0.39, 0.29) is 5.56 Å². The van der Waals surface area contributed by atoms with Crippen molar-refractivity contribution in [2.45, 2.75) is 6.92 Å². The smallest absolute Gasteiger partial charge is 0.345 e. The number of hydrogen-bond donors (Lipinski definition) is 1. The molecule has 0 aliphatic heterocycles. The number of carbonyl (C=O) groups excluding carboxylic acids is 1. The lowest BCUT2D eigenvalue weighted by Crippen LogP contribution is -2.21. The molecule has 0 radical (unpaired) electrons. The summed E-state index contributed by atoms with van der Waals surface area (Å²) < 4.78 is 6.15. The summed E-state index contributed by atoms with van der Waals surface area (Å²) in [4.78, 5) is 27.9. The Kier molecular flexibility index (Phi) is 4.52. The van der Waals surface area contributed by atoms with Crippen LogP contribution in [0.2, 0.25) is 0 Å². The van der Waals surface area contributed by atoms with Crippen LogP contribution in [0.4, 0.5) is 0 Å². The topological polar surface area (TPSA) is 84.6 Å². The molecule has 3 aromatic rings. The number of pyridine rings is 1. The molecule has 2 heterocycles. The molecule has 2 aromatic heterocycles. The first-order chi connectivity index (χ1) is 11.5. The average molecular weight is 386 g/mol. The number of nitrogens with zero attached hydrogens (tertiary/aromatic N) is 2. The molecule has 0 unspecified atom stereocenters. The van der Waals surface area contributed by atoms with Crippen molar-refractivity contribution in [1.29, 1.82) is 0 Å². The molecule has 0 saturated heterocycles. The number of amides is 1. The van der Waals surface area contributed by atoms with Crippen LogP contribution in [0, 0.1) is 0 Å². The second kappa shape index (κ2) is 6.76. The first-order valence-corrected chi connectivity index (χ1v) is 7.82. The van der Waals surface area contributed by atoms with E-state index in [1.54, 1.807) is 43.5 Å². The number of benzene rings is 1. The van der Waals surface area contributed by atoms with Gasteiger partial charge < -0.3 is 4.42 Å². The first-order valence-electron chi connectivity index (χ1n) is 7.03. The lowest BCUT2D eigenvalue weighted by Gasteiger charge is -2.04. The number of hydrazone groups is 1. The number of nitrogens with one attached hydrogen (secondary N) is 1. The average Bonchev–Trinajstić information content (AvgIpc) is 2.60.